The number of benzene rings is 1. The number of aromatic nitrogens is 1. The molecule has 1 aromatic heterocycles. The summed E-state index contributed by atoms with van der Waals surface area (Å²) in [4.78, 5) is 25.2. The van der Waals surface area contributed by atoms with Crippen LogP contribution in [0, 0.1) is 28.8 Å². The molecule has 21 heavy (non-hydrogen) atoms. The molecule has 0 saturated carbocycles. The van der Waals surface area contributed by atoms with E-state index in [2.05, 4.69) is 10.3 Å². The zero-order valence-corrected chi connectivity index (χ0v) is 10.8. The van der Waals surface area contributed by atoms with E-state index in [9.17, 15) is 23.7 Å². The van der Waals surface area contributed by atoms with Crippen LogP contribution in [-0.4, -0.2) is 15.8 Å². The van der Waals surface area contributed by atoms with E-state index in [-0.39, 0.29) is 16.9 Å². The SMILES string of the molecule is Cc1c(NC(=O)c2ccnc(F)c2F)cccc1[N+](=O)[O-]. The number of nitro groups is 1. The molecule has 0 fully saturated rings. The van der Waals surface area contributed by atoms with Crippen LogP contribution in [0.3, 0.4) is 0 Å². The van der Waals surface area contributed by atoms with Crippen molar-refractivity contribution in [2.24, 2.45) is 0 Å². The highest BCUT2D eigenvalue weighted by atomic mass is 19.2. The van der Waals surface area contributed by atoms with Crippen LogP contribution < -0.4 is 5.32 Å². The molecule has 6 nitrogen and oxygen atoms in total. The first kappa shape index (κ1) is 14.5. The van der Waals surface area contributed by atoms with E-state index in [0.717, 1.165) is 12.3 Å². The van der Waals surface area contributed by atoms with Crippen LogP contribution in [-0.2, 0) is 0 Å². The highest BCUT2D eigenvalue weighted by Crippen LogP contribution is 2.25. The molecule has 8 heteroatoms. The van der Waals surface area contributed by atoms with Crippen LogP contribution in [0.5, 0.6) is 0 Å². The molecule has 0 saturated heterocycles. The third kappa shape index (κ3) is 2.83. The highest BCUT2D eigenvalue weighted by Gasteiger charge is 2.19. The first-order chi connectivity index (χ1) is 9.91. The molecule has 1 N–H and O–H groups in total. The molecule has 1 amide bonds. The molecule has 0 aliphatic carbocycles. The number of hydrogen-bond acceptors (Lipinski definition) is 4. The monoisotopic (exact) mass is 293 g/mol. The largest absolute Gasteiger partial charge is 0.321 e. The van der Waals surface area contributed by atoms with E-state index in [1.807, 2.05) is 0 Å². The van der Waals surface area contributed by atoms with Crippen LogP contribution >= 0.6 is 0 Å². The van der Waals surface area contributed by atoms with Crippen molar-refractivity contribution in [2.75, 3.05) is 5.32 Å². The Morgan fingerprint density at radius 2 is 2.05 bits per heavy atom. The summed E-state index contributed by atoms with van der Waals surface area (Å²) >= 11 is 0. The summed E-state index contributed by atoms with van der Waals surface area (Å²) in [6, 6.07) is 5.10. The maximum Gasteiger partial charge on any atom is 0.274 e. The van der Waals surface area contributed by atoms with Crippen molar-refractivity contribution in [3.05, 3.63) is 63.5 Å². The third-order valence-corrected chi connectivity index (χ3v) is 2.84. The molecule has 0 radical (unpaired) electrons. The second-order valence-electron chi connectivity index (χ2n) is 4.12. The number of anilines is 1. The number of carbonyl (C=O) groups excluding carboxylic acids is 1. The van der Waals surface area contributed by atoms with Crippen LogP contribution in [0.15, 0.2) is 30.5 Å². The van der Waals surface area contributed by atoms with Gasteiger partial charge >= 0.3 is 0 Å². The summed E-state index contributed by atoms with van der Waals surface area (Å²) in [7, 11) is 0. The average Bonchev–Trinajstić information content (AvgIpc) is 2.43. The number of halogens is 2. The van der Waals surface area contributed by atoms with E-state index in [4.69, 9.17) is 0 Å². The summed E-state index contributed by atoms with van der Waals surface area (Å²) < 4.78 is 26.4. The van der Waals surface area contributed by atoms with Crippen LogP contribution in [0.1, 0.15) is 15.9 Å². The van der Waals surface area contributed by atoms with Gasteiger partial charge in [-0.05, 0) is 19.1 Å². The van der Waals surface area contributed by atoms with E-state index < -0.39 is 28.2 Å². The zero-order valence-electron chi connectivity index (χ0n) is 10.8. The lowest BCUT2D eigenvalue weighted by Gasteiger charge is -2.09. The average molecular weight is 293 g/mol. The Labute approximate surface area is 117 Å². The number of carbonyl (C=O) groups is 1. The number of nitrogens with one attached hydrogen (secondary N) is 1. The summed E-state index contributed by atoms with van der Waals surface area (Å²) in [6.07, 6.45) is 0.952. The quantitative estimate of drug-likeness (QED) is 0.535. The van der Waals surface area contributed by atoms with Gasteiger partial charge in [0, 0.05) is 12.3 Å². The summed E-state index contributed by atoms with van der Waals surface area (Å²) in [5.74, 6) is -3.69. The highest BCUT2D eigenvalue weighted by molar-refractivity contribution is 6.05. The fraction of sp³-hybridized carbons (Fsp3) is 0.0769. The van der Waals surface area contributed by atoms with Gasteiger partial charge in [0.2, 0.25) is 5.95 Å². The molecule has 108 valence electrons. The molecule has 0 unspecified atom stereocenters. The molecule has 1 heterocycles. The molecule has 0 spiro atoms. The molecule has 0 bridgehead atoms. The molecule has 0 atom stereocenters. The Morgan fingerprint density at radius 3 is 2.71 bits per heavy atom. The maximum absolute atomic E-state index is 13.5. The van der Waals surface area contributed by atoms with E-state index in [1.54, 1.807) is 0 Å². The predicted molar refractivity (Wildman–Crippen MR) is 69.9 cm³/mol. The Bertz CT molecular complexity index is 735. The number of nitrogens with zero attached hydrogens (tertiary/aromatic N) is 2. The Balaban J connectivity index is 2.34. The van der Waals surface area contributed by atoms with Crippen molar-refractivity contribution in [3.63, 3.8) is 0 Å². The molecule has 1 aromatic carbocycles. The van der Waals surface area contributed by atoms with Crippen molar-refractivity contribution >= 4 is 17.3 Å². The van der Waals surface area contributed by atoms with Crippen molar-refractivity contribution in [1.82, 2.24) is 4.98 Å². The van der Waals surface area contributed by atoms with Gasteiger partial charge in [0.1, 0.15) is 0 Å². The minimum atomic E-state index is -1.39. The fourth-order valence-corrected chi connectivity index (χ4v) is 1.74. The van der Waals surface area contributed by atoms with Gasteiger partial charge in [-0.1, -0.05) is 6.07 Å². The van der Waals surface area contributed by atoms with Crippen molar-refractivity contribution in [3.8, 4) is 0 Å². The molecule has 0 aliphatic rings. The van der Waals surface area contributed by atoms with Gasteiger partial charge in [0.25, 0.3) is 11.6 Å². The second kappa shape index (κ2) is 5.61. The van der Waals surface area contributed by atoms with E-state index >= 15 is 0 Å². The lowest BCUT2D eigenvalue weighted by atomic mass is 10.1. The Hall–Kier alpha value is -2.90. The van der Waals surface area contributed by atoms with Crippen molar-refractivity contribution in [1.29, 1.82) is 0 Å². The van der Waals surface area contributed by atoms with Crippen LogP contribution in [0.2, 0.25) is 0 Å². The van der Waals surface area contributed by atoms with Gasteiger partial charge in [0.15, 0.2) is 5.82 Å². The summed E-state index contributed by atoms with van der Waals surface area (Å²) in [5, 5.41) is 13.1. The molecular formula is C13H9F2N3O3. The topological polar surface area (TPSA) is 85.1 Å². The Morgan fingerprint density at radius 1 is 1.33 bits per heavy atom. The number of hydrogen-bond donors (Lipinski definition) is 1. The van der Waals surface area contributed by atoms with Gasteiger partial charge < -0.3 is 5.32 Å². The molecular weight excluding hydrogens is 284 g/mol. The van der Waals surface area contributed by atoms with Gasteiger partial charge in [-0.2, -0.15) is 4.39 Å². The molecule has 0 aliphatic heterocycles. The van der Waals surface area contributed by atoms with E-state index in [1.165, 1.54) is 25.1 Å². The smallest absolute Gasteiger partial charge is 0.274 e. The third-order valence-electron chi connectivity index (χ3n) is 2.84. The second-order valence-corrected chi connectivity index (χ2v) is 4.12. The number of nitro benzene ring substituents is 1. The molecule has 2 aromatic rings. The predicted octanol–water partition coefficient (Wildman–Crippen LogP) is 2.83. The zero-order chi connectivity index (χ0) is 15.6. The standard InChI is InChI=1S/C13H9F2N3O3/c1-7-9(3-2-4-10(7)18(20)21)17-13(19)8-5-6-16-12(15)11(8)14/h2-6H,1H3,(H,17,19). The van der Waals surface area contributed by atoms with Crippen molar-refractivity contribution < 1.29 is 18.5 Å². The number of pyridine rings is 1. The minimum absolute atomic E-state index is 0.144. The van der Waals surface area contributed by atoms with Gasteiger partial charge in [0.05, 0.1) is 21.7 Å². The summed E-state index contributed by atoms with van der Waals surface area (Å²) in [6.45, 7) is 1.44. The normalized spacial score (nSPS) is 10.2. The fourth-order valence-electron chi connectivity index (χ4n) is 1.74. The first-order valence-corrected chi connectivity index (χ1v) is 5.77. The van der Waals surface area contributed by atoms with Gasteiger partial charge in [-0.15, -0.1) is 0 Å². The van der Waals surface area contributed by atoms with Gasteiger partial charge in [-0.25, -0.2) is 9.37 Å². The minimum Gasteiger partial charge on any atom is -0.321 e. The van der Waals surface area contributed by atoms with Crippen LogP contribution in [0.4, 0.5) is 20.2 Å². The number of amides is 1. The van der Waals surface area contributed by atoms with Gasteiger partial charge in [-0.3, -0.25) is 14.9 Å². The first-order valence-electron chi connectivity index (χ1n) is 5.77. The lowest BCUT2D eigenvalue weighted by molar-refractivity contribution is -0.385. The van der Waals surface area contributed by atoms with Crippen LogP contribution in [0.25, 0.3) is 0 Å². The molecule has 2 rings (SSSR count). The lowest BCUT2D eigenvalue weighted by Crippen LogP contribution is -2.16. The summed E-state index contributed by atoms with van der Waals surface area (Å²) in [5.41, 5.74) is -0.362. The maximum atomic E-state index is 13.5. The van der Waals surface area contributed by atoms with Crippen molar-refractivity contribution in [2.45, 2.75) is 6.92 Å². The Kier molecular flexibility index (Phi) is 3.88. The van der Waals surface area contributed by atoms with E-state index in [0.29, 0.717) is 0 Å². The number of rotatable bonds is 3.